The molecule has 2 rings (SSSR count). The molecule has 94 valence electrons. The van der Waals surface area contributed by atoms with Gasteiger partial charge in [0.25, 0.3) is 0 Å². The second-order valence-electron chi connectivity index (χ2n) is 3.42. The van der Waals surface area contributed by atoms with Crippen molar-refractivity contribution in [1.29, 1.82) is 0 Å². The Bertz CT molecular complexity index is 653. The van der Waals surface area contributed by atoms with Gasteiger partial charge in [0.2, 0.25) is 0 Å². The van der Waals surface area contributed by atoms with Crippen molar-refractivity contribution in [3.63, 3.8) is 0 Å². The van der Waals surface area contributed by atoms with Crippen LogP contribution >= 0.6 is 34.2 Å². The molecule has 0 aliphatic heterocycles. The maximum Gasteiger partial charge on any atom is 0.339 e. The molecule has 0 N–H and O–H groups in total. The van der Waals surface area contributed by atoms with Gasteiger partial charge in [0.05, 0.1) is 3.57 Å². The Morgan fingerprint density at radius 1 is 1.00 bits per heavy atom. The maximum absolute atomic E-state index is 12.0. The molecule has 0 fully saturated rings. The number of hydrogen-bond donors (Lipinski definition) is 0. The first kappa shape index (κ1) is 13.6. The fraction of sp³-hybridized carbons (Fsp3) is 0. The van der Waals surface area contributed by atoms with E-state index in [1.807, 2.05) is 28.7 Å². The number of rotatable bonds is 3. The zero-order valence-corrected chi connectivity index (χ0v) is 12.7. The minimum atomic E-state index is -3.82. The van der Waals surface area contributed by atoms with Crippen molar-refractivity contribution in [2.24, 2.45) is 0 Å². The Labute approximate surface area is 124 Å². The Kier molecular flexibility index (Phi) is 4.14. The number of para-hydroxylation sites is 1. The molecule has 0 bridgehead atoms. The highest BCUT2D eigenvalue weighted by atomic mass is 127. The van der Waals surface area contributed by atoms with Crippen LogP contribution in [0.15, 0.2) is 53.4 Å². The molecule has 0 saturated carbocycles. The fourth-order valence-corrected chi connectivity index (χ4v) is 3.00. The molecule has 0 saturated heterocycles. The molecule has 2 aromatic carbocycles. The van der Waals surface area contributed by atoms with Crippen LogP contribution in [-0.4, -0.2) is 8.42 Å². The summed E-state index contributed by atoms with van der Waals surface area (Å²) in [5.74, 6) is 0.313. The Morgan fingerprint density at radius 3 is 2.22 bits per heavy atom. The second-order valence-corrected chi connectivity index (χ2v) is 6.57. The van der Waals surface area contributed by atoms with Gasteiger partial charge in [0.15, 0.2) is 5.75 Å². The van der Waals surface area contributed by atoms with Crippen molar-refractivity contribution in [3.8, 4) is 5.75 Å². The monoisotopic (exact) mass is 394 g/mol. The van der Waals surface area contributed by atoms with Gasteiger partial charge in [0.1, 0.15) is 4.90 Å². The summed E-state index contributed by atoms with van der Waals surface area (Å²) in [7, 11) is -3.82. The lowest BCUT2D eigenvalue weighted by atomic mass is 10.3. The van der Waals surface area contributed by atoms with Crippen LogP contribution in [0.5, 0.6) is 5.75 Å². The maximum atomic E-state index is 12.0. The van der Waals surface area contributed by atoms with Crippen LogP contribution in [0.1, 0.15) is 0 Å². The van der Waals surface area contributed by atoms with Crippen LogP contribution in [0, 0.1) is 3.57 Å². The standard InChI is InChI=1S/C12H8ClIO3S/c13-9-5-7-10(8-6-9)18(15,16)17-12-4-2-1-3-11(12)14/h1-8H. The fourth-order valence-electron chi connectivity index (χ4n) is 1.28. The topological polar surface area (TPSA) is 43.4 Å². The molecule has 0 heterocycles. The van der Waals surface area contributed by atoms with Crippen molar-refractivity contribution in [3.05, 3.63) is 57.1 Å². The summed E-state index contributed by atoms with van der Waals surface area (Å²) in [6, 6.07) is 12.7. The van der Waals surface area contributed by atoms with Gasteiger partial charge < -0.3 is 4.18 Å². The molecule has 0 spiro atoms. The third-order valence-corrected chi connectivity index (χ3v) is 4.53. The van der Waals surface area contributed by atoms with E-state index in [1.54, 1.807) is 18.2 Å². The first-order valence-electron chi connectivity index (χ1n) is 4.93. The minimum absolute atomic E-state index is 0.0755. The highest BCUT2D eigenvalue weighted by Crippen LogP contribution is 2.24. The second kappa shape index (κ2) is 5.46. The minimum Gasteiger partial charge on any atom is -0.378 e. The van der Waals surface area contributed by atoms with Crippen molar-refractivity contribution >= 4 is 44.3 Å². The van der Waals surface area contributed by atoms with Gasteiger partial charge in [-0.2, -0.15) is 8.42 Å². The molecular weight excluding hydrogens is 387 g/mol. The summed E-state index contributed by atoms with van der Waals surface area (Å²) in [5, 5.41) is 0.475. The summed E-state index contributed by atoms with van der Waals surface area (Å²) in [5.41, 5.74) is 0. The highest BCUT2D eigenvalue weighted by molar-refractivity contribution is 14.1. The van der Waals surface area contributed by atoms with Crippen LogP contribution < -0.4 is 4.18 Å². The zero-order chi connectivity index (χ0) is 13.2. The lowest BCUT2D eigenvalue weighted by Crippen LogP contribution is -2.10. The van der Waals surface area contributed by atoms with Gasteiger partial charge >= 0.3 is 10.1 Å². The quantitative estimate of drug-likeness (QED) is 0.589. The van der Waals surface area contributed by atoms with E-state index in [4.69, 9.17) is 15.8 Å². The van der Waals surface area contributed by atoms with Gasteiger partial charge in [-0.1, -0.05) is 23.7 Å². The van der Waals surface area contributed by atoms with E-state index >= 15 is 0 Å². The van der Waals surface area contributed by atoms with Crippen molar-refractivity contribution < 1.29 is 12.6 Å². The molecule has 0 unspecified atom stereocenters. The summed E-state index contributed by atoms with van der Waals surface area (Å²) in [4.78, 5) is 0.0755. The molecule has 0 aliphatic rings. The number of halogens is 2. The lowest BCUT2D eigenvalue weighted by Gasteiger charge is -2.08. The van der Waals surface area contributed by atoms with Gasteiger partial charge in [-0.25, -0.2) is 0 Å². The molecule has 3 nitrogen and oxygen atoms in total. The van der Waals surface area contributed by atoms with Gasteiger partial charge in [-0.3, -0.25) is 0 Å². The van der Waals surface area contributed by atoms with Crippen LogP contribution in [0.25, 0.3) is 0 Å². The molecule has 0 amide bonds. The van der Waals surface area contributed by atoms with E-state index < -0.39 is 10.1 Å². The summed E-state index contributed by atoms with van der Waals surface area (Å²) >= 11 is 7.72. The third kappa shape index (κ3) is 3.15. The van der Waals surface area contributed by atoms with Crippen LogP contribution in [0.2, 0.25) is 5.02 Å². The van der Waals surface area contributed by atoms with Crippen LogP contribution in [0.4, 0.5) is 0 Å². The SMILES string of the molecule is O=S(=O)(Oc1ccccc1I)c1ccc(Cl)cc1. The Hall–Kier alpha value is -0.790. The molecule has 0 aliphatic carbocycles. The predicted molar refractivity (Wildman–Crippen MR) is 78.4 cm³/mol. The molecule has 2 aromatic rings. The molecule has 0 radical (unpaired) electrons. The molecule has 0 aromatic heterocycles. The molecule has 18 heavy (non-hydrogen) atoms. The van der Waals surface area contributed by atoms with Gasteiger partial charge in [0, 0.05) is 5.02 Å². The van der Waals surface area contributed by atoms with E-state index in [-0.39, 0.29) is 4.90 Å². The van der Waals surface area contributed by atoms with Gasteiger partial charge in [-0.15, -0.1) is 0 Å². The molecule has 0 atom stereocenters. The van der Waals surface area contributed by atoms with Crippen molar-refractivity contribution in [2.45, 2.75) is 4.90 Å². The smallest absolute Gasteiger partial charge is 0.339 e. The summed E-state index contributed by atoms with van der Waals surface area (Å²) < 4.78 is 29.8. The van der Waals surface area contributed by atoms with Gasteiger partial charge in [-0.05, 0) is 59.0 Å². The Morgan fingerprint density at radius 2 is 1.61 bits per heavy atom. The first-order chi connectivity index (χ1) is 8.49. The van der Waals surface area contributed by atoms with Crippen LogP contribution in [0.3, 0.4) is 0 Å². The predicted octanol–water partition coefficient (Wildman–Crippen LogP) is 3.71. The third-order valence-electron chi connectivity index (χ3n) is 2.14. The normalized spacial score (nSPS) is 11.2. The largest absolute Gasteiger partial charge is 0.378 e. The zero-order valence-electron chi connectivity index (χ0n) is 9.01. The van der Waals surface area contributed by atoms with Crippen molar-refractivity contribution in [2.75, 3.05) is 0 Å². The average Bonchev–Trinajstić information content (AvgIpc) is 2.32. The van der Waals surface area contributed by atoms with E-state index in [0.29, 0.717) is 10.8 Å². The van der Waals surface area contributed by atoms with E-state index in [1.165, 1.54) is 24.3 Å². The van der Waals surface area contributed by atoms with E-state index in [2.05, 4.69) is 0 Å². The Balaban J connectivity index is 2.33. The highest BCUT2D eigenvalue weighted by Gasteiger charge is 2.17. The average molecular weight is 395 g/mol. The summed E-state index contributed by atoms with van der Waals surface area (Å²) in [6.45, 7) is 0. The molecular formula is C12H8ClIO3S. The number of benzene rings is 2. The molecule has 6 heteroatoms. The lowest BCUT2D eigenvalue weighted by molar-refractivity contribution is 0.484. The van der Waals surface area contributed by atoms with Crippen molar-refractivity contribution in [1.82, 2.24) is 0 Å². The van der Waals surface area contributed by atoms with Crippen LogP contribution in [-0.2, 0) is 10.1 Å². The van der Waals surface area contributed by atoms with E-state index in [0.717, 1.165) is 3.57 Å². The number of hydrogen-bond acceptors (Lipinski definition) is 3. The summed E-state index contributed by atoms with van der Waals surface area (Å²) in [6.07, 6.45) is 0. The van der Waals surface area contributed by atoms with E-state index in [9.17, 15) is 8.42 Å². The first-order valence-corrected chi connectivity index (χ1v) is 7.80.